The Labute approximate surface area is 192 Å². The molecular formula is C27H23ClN2O2. The van der Waals surface area contributed by atoms with Crippen molar-refractivity contribution >= 4 is 23.6 Å². The number of hydrogen-bond donors (Lipinski definition) is 0. The Balaban J connectivity index is 1.86. The third-order valence-corrected chi connectivity index (χ3v) is 5.91. The fraction of sp³-hybridized carbons (Fsp3) is 0.111. The number of carbonyl (C=O) groups excluding carboxylic acids is 1. The summed E-state index contributed by atoms with van der Waals surface area (Å²) in [5.74, 6) is -0.412. The Morgan fingerprint density at radius 2 is 1.53 bits per heavy atom. The number of allylic oxidation sites excluding steroid dienone is 1. The average Bonchev–Trinajstić information content (AvgIpc) is 3.14. The van der Waals surface area contributed by atoms with Gasteiger partial charge in [-0.15, -0.1) is 0 Å². The molecule has 3 aromatic carbocycles. The van der Waals surface area contributed by atoms with Crippen molar-refractivity contribution in [1.82, 2.24) is 9.13 Å². The van der Waals surface area contributed by atoms with Crippen LogP contribution in [0.3, 0.4) is 0 Å². The van der Waals surface area contributed by atoms with E-state index in [9.17, 15) is 9.59 Å². The molecule has 0 saturated carbocycles. The van der Waals surface area contributed by atoms with Crippen LogP contribution in [0.25, 0.3) is 23.0 Å². The molecule has 4 aromatic rings. The molecule has 0 radical (unpaired) electrons. The van der Waals surface area contributed by atoms with Gasteiger partial charge in [-0.1, -0.05) is 41.9 Å². The zero-order valence-corrected chi connectivity index (χ0v) is 18.9. The maximum Gasteiger partial charge on any atom is 0.340 e. The number of aryl methyl sites for hydroxylation is 2. The number of hydrogen-bond acceptors (Lipinski definition) is 2. The summed E-state index contributed by atoms with van der Waals surface area (Å²) in [6, 6.07) is 20.5. The van der Waals surface area contributed by atoms with Crippen LogP contribution in [0.15, 0.2) is 83.8 Å². The second-order valence-corrected chi connectivity index (χ2v) is 8.23. The summed E-state index contributed by atoms with van der Waals surface area (Å²) in [5.41, 5.74) is 5.90. The van der Waals surface area contributed by atoms with Gasteiger partial charge in [-0.05, 0) is 85.5 Å². The lowest BCUT2D eigenvalue weighted by Crippen LogP contribution is -2.27. The zero-order chi connectivity index (χ0) is 22.8. The Bertz CT molecular complexity index is 1350. The maximum absolute atomic E-state index is 13.4. The first-order chi connectivity index (χ1) is 15.3. The average molecular weight is 443 g/mol. The van der Waals surface area contributed by atoms with E-state index in [1.807, 2.05) is 68.4 Å². The van der Waals surface area contributed by atoms with Crippen molar-refractivity contribution in [3.63, 3.8) is 0 Å². The normalized spacial score (nSPS) is 11.2. The van der Waals surface area contributed by atoms with E-state index in [-0.39, 0.29) is 0 Å². The number of benzene rings is 3. The molecule has 0 amide bonds. The summed E-state index contributed by atoms with van der Waals surface area (Å²) in [6.07, 6.45) is 4.83. The molecule has 5 heteroatoms. The zero-order valence-electron chi connectivity index (χ0n) is 18.2. The first-order valence-electron chi connectivity index (χ1n) is 10.3. The van der Waals surface area contributed by atoms with Gasteiger partial charge in [0.1, 0.15) is 0 Å². The van der Waals surface area contributed by atoms with E-state index >= 15 is 0 Å². The van der Waals surface area contributed by atoms with Crippen molar-refractivity contribution in [2.45, 2.75) is 20.8 Å². The van der Waals surface area contributed by atoms with E-state index in [1.54, 1.807) is 24.4 Å². The SMILES string of the molecule is Cc1cc(-c2cn(-c3ccccc3)c(=O)n2C(=O)/C=C/c2ccc(Cl)cc2)cc(C)c1C. The van der Waals surface area contributed by atoms with Crippen molar-refractivity contribution < 1.29 is 4.79 Å². The van der Waals surface area contributed by atoms with Crippen LogP contribution < -0.4 is 5.69 Å². The summed E-state index contributed by atoms with van der Waals surface area (Å²) in [7, 11) is 0. The van der Waals surface area contributed by atoms with Gasteiger partial charge in [0.25, 0.3) is 5.91 Å². The van der Waals surface area contributed by atoms with Crippen molar-refractivity contribution in [2.75, 3.05) is 0 Å². The molecule has 1 aromatic heterocycles. The molecule has 4 nitrogen and oxygen atoms in total. The lowest BCUT2D eigenvalue weighted by molar-refractivity contribution is 0.0967. The van der Waals surface area contributed by atoms with Crippen LogP contribution in [0.5, 0.6) is 0 Å². The fourth-order valence-corrected chi connectivity index (χ4v) is 3.76. The highest BCUT2D eigenvalue weighted by molar-refractivity contribution is 6.30. The van der Waals surface area contributed by atoms with Gasteiger partial charge in [-0.3, -0.25) is 9.36 Å². The molecule has 4 rings (SSSR count). The van der Waals surface area contributed by atoms with Crippen molar-refractivity contribution in [3.8, 4) is 16.9 Å². The highest BCUT2D eigenvalue weighted by Crippen LogP contribution is 2.25. The third-order valence-electron chi connectivity index (χ3n) is 5.66. The summed E-state index contributed by atoms with van der Waals surface area (Å²) in [5, 5.41) is 0.622. The van der Waals surface area contributed by atoms with Gasteiger partial charge < -0.3 is 0 Å². The van der Waals surface area contributed by atoms with E-state index in [0.29, 0.717) is 16.4 Å². The monoisotopic (exact) mass is 442 g/mol. The molecule has 0 atom stereocenters. The van der Waals surface area contributed by atoms with Gasteiger partial charge in [0.15, 0.2) is 0 Å². The van der Waals surface area contributed by atoms with Gasteiger partial charge in [0, 0.05) is 22.9 Å². The highest BCUT2D eigenvalue weighted by Gasteiger charge is 2.19. The van der Waals surface area contributed by atoms with Crippen LogP contribution in [-0.2, 0) is 0 Å². The van der Waals surface area contributed by atoms with E-state index in [0.717, 1.165) is 22.3 Å². The molecule has 0 aliphatic rings. The minimum Gasteiger partial charge on any atom is -0.269 e. The van der Waals surface area contributed by atoms with Gasteiger partial charge in [-0.25, -0.2) is 9.36 Å². The summed E-state index contributed by atoms with van der Waals surface area (Å²) in [6.45, 7) is 6.13. The highest BCUT2D eigenvalue weighted by atomic mass is 35.5. The molecule has 0 bridgehead atoms. The number of carbonyl (C=O) groups is 1. The first-order valence-corrected chi connectivity index (χ1v) is 10.7. The number of halogens is 1. The molecule has 0 unspecified atom stereocenters. The summed E-state index contributed by atoms with van der Waals surface area (Å²) >= 11 is 5.94. The lowest BCUT2D eigenvalue weighted by atomic mass is 9.99. The smallest absolute Gasteiger partial charge is 0.269 e. The summed E-state index contributed by atoms with van der Waals surface area (Å²) in [4.78, 5) is 26.6. The minimum atomic E-state index is -0.412. The van der Waals surface area contributed by atoms with Crippen LogP contribution in [-0.4, -0.2) is 15.0 Å². The number of nitrogens with zero attached hydrogens (tertiary/aromatic N) is 2. The minimum absolute atomic E-state index is 0.409. The van der Waals surface area contributed by atoms with Gasteiger partial charge in [-0.2, -0.15) is 0 Å². The maximum atomic E-state index is 13.4. The quantitative estimate of drug-likeness (QED) is 0.351. The standard InChI is InChI=1S/C27H23ClN2O2/c1-18-15-22(16-19(2)20(18)3)25-17-29(24-7-5-4-6-8-24)27(32)30(25)26(31)14-11-21-9-12-23(28)13-10-21/h4-17H,1-3H3/b14-11+. The molecule has 0 spiro atoms. The molecule has 32 heavy (non-hydrogen) atoms. The number of imidazole rings is 1. The molecule has 160 valence electrons. The topological polar surface area (TPSA) is 44.0 Å². The molecule has 1 heterocycles. The van der Waals surface area contributed by atoms with Crippen LogP contribution >= 0.6 is 11.6 Å². The molecular weight excluding hydrogens is 420 g/mol. The van der Waals surface area contributed by atoms with E-state index < -0.39 is 11.6 Å². The van der Waals surface area contributed by atoms with E-state index in [2.05, 4.69) is 6.92 Å². The largest absolute Gasteiger partial charge is 0.340 e. The predicted molar refractivity (Wildman–Crippen MR) is 131 cm³/mol. The van der Waals surface area contributed by atoms with Crippen molar-refractivity contribution in [2.24, 2.45) is 0 Å². The predicted octanol–water partition coefficient (Wildman–Crippen LogP) is 6.24. The molecule has 0 saturated heterocycles. The number of para-hydroxylation sites is 1. The number of rotatable bonds is 4. The fourth-order valence-electron chi connectivity index (χ4n) is 3.64. The van der Waals surface area contributed by atoms with Gasteiger partial charge in [0.2, 0.25) is 0 Å². The van der Waals surface area contributed by atoms with E-state index in [1.165, 1.54) is 20.8 Å². The van der Waals surface area contributed by atoms with Gasteiger partial charge in [0.05, 0.1) is 11.4 Å². The lowest BCUT2D eigenvalue weighted by Gasteiger charge is -2.10. The summed E-state index contributed by atoms with van der Waals surface area (Å²) < 4.78 is 2.73. The van der Waals surface area contributed by atoms with Crippen LogP contribution in [0.4, 0.5) is 0 Å². The number of aromatic nitrogens is 2. The van der Waals surface area contributed by atoms with Crippen molar-refractivity contribution in [1.29, 1.82) is 0 Å². The van der Waals surface area contributed by atoms with E-state index in [4.69, 9.17) is 11.6 Å². The van der Waals surface area contributed by atoms with Crippen LogP contribution in [0.2, 0.25) is 5.02 Å². The first kappa shape index (κ1) is 21.6. The second kappa shape index (κ2) is 8.85. The Morgan fingerprint density at radius 3 is 2.16 bits per heavy atom. The Hall–Kier alpha value is -3.63. The van der Waals surface area contributed by atoms with Crippen molar-refractivity contribution in [3.05, 3.63) is 117 Å². The van der Waals surface area contributed by atoms with Crippen LogP contribution in [0, 0.1) is 20.8 Å². The molecule has 0 aliphatic heterocycles. The Morgan fingerprint density at radius 1 is 0.906 bits per heavy atom. The third kappa shape index (κ3) is 4.23. The van der Waals surface area contributed by atoms with Gasteiger partial charge >= 0.3 is 5.69 Å². The molecule has 0 fully saturated rings. The second-order valence-electron chi connectivity index (χ2n) is 7.80. The molecule has 0 aliphatic carbocycles. The van der Waals surface area contributed by atoms with Crippen LogP contribution in [0.1, 0.15) is 27.0 Å². The molecule has 0 N–H and O–H groups in total. The Kier molecular flexibility index (Phi) is 5.97.